The minimum absolute atomic E-state index is 0.615. The number of likely N-dealkylation sites (tertiary alicyclic amines) is 1. The van der Waals surface area contributed by atoms with Crippen LogP contribution in [0.4, 0.5) is 0 Å². The molecule has 0 spiro atoms. The highest BCUT2D eigenvalue weighted by Crippen LogP contribution is 2.32. The Morgan fingerprint density at radius 1 is 1.41 bits per heavy atom. The summed E-state index contributed by atoms with van der Waals surface area (Å²) in [7, 11) is 0. The van der Waals surface area contributed by atoms with Gasteiger partial charge in [0.15, 0.2) is 0 Å². The molecule has 0 aliphatic carbocycles. The van der Waals surface area contributed by atoms with Crippen LogP contribution in [0.25, 0.3) is 0 Å². The summed E-state index contributed by atoms with van der Waals surface area (Å²) >= 11 is 0. The van der Waals surface area contributed by atoms with Gasteiger partial charge in [-0.05, 0) is 50.9 Å². The molecule has 1 saturated heterocycles. The van der Waals surface area contributed by atoms with E-state index in [0.29, 0.717) is 6.04 Å². The Kier molecular flexibility index (Phi) is 4.55. The third-order valence-electron chi connectivity index (χ3n) is 3.82. The molecule has 2 heteroatoms. The summed E-state index contributed by atoms with van der Waals surface area (Å²) in [6, 6.07) is 4.95. The Bertz CT molecular complexity index is 349. The standard InChI is InChI=1S/C15H24N2/c1-3-4-11-17-12-6-5-9-15(17)14-8-7-10-16-13(14)2/h7-8,10,15H,3-6,9,11-12H2,1-2H3/t15-/m1/s1. The number of rotatable bonds is 4. The first kappa shape index (κ1) is 12.6. The van der Waals surface area contributed by atoms with Crippen molar-refractivity contribution in [3.05, 3.63) is 29.6 Å². The van der Waals surface area contributed by atoms with Gasteiger partial charge in [0.05, 0.1) is 0 Å². The first-order chi connectivity index (χ1) is 8.33. The number of nitrogens with zero attached hydrogens (tertiary/aromatic N) is 2. The summed E-state index contributed by atoms with van der Waals surface area (Å²) in [5.41, 5.74) is 2.66. The second-order valence-corrected chi connectivity index (χ2v) is 5.08. The van der Waals surface area contributed by atoms with Gasteiger partial charge in [0.1, 0.15) is 0 Å². The van der Waals surface area contributed by atoms with Crippen LogP contribution < -0.4 is 0 Å². The molecule has 0 amide bonds. The topological polar surface area (TPSA) is 16.1 Å². The van der Waals surface area contributed by atoms with Crippen molar-refractivity contribution in [2.24, 2.45) is 0 Å². The lowest BCUT2D eigenvalue weighted by atomic mass is 9.94. The second kappa shape index (κ2) is 6.15. The summed E-state index contributed by atoms with van der Waals surface area (Å²) in [4.78, 5) is 7.11. The Morgan fingerprint density at radius 3 is 3.06 bits per heavy atom. The molecule has 0 N–H and O–H groups in total. The van der Waals surface area contributed by atoms with Crippen LogP contribution in [-0.4, -0.2) is 23.0 Å². The summed E-state index contributed by atoms with van der Waals surface area (Å²) in [6.07, 6.45) is 8.53. The SMILES string of the molecule is CCCCN1CCCC[C@@H]1c1cccnc1C. The highest BCUT2D eigenvalue weighted by molar-refractivity contribution is 5.23. The fraction of sp³-hybridized carbons (Fsp3) is 0.667. The van der Waals surface area contributed by atoms with Gasteiger partial charge in [0, 0.05) is 17.9 Å². The number of aromatic nitrogens is 1. The summed E-state index contributed by atoms with van der Waals surface area (Å²) in [6.45, 7) is 6.92. The van der Waals surface area contributed by atoms with Crippen molar-refractivity contribution >= 4 is 0 Å². The van der Waals surface area contributed by atoms with E-state index >= 15 is 0 Å². The van der Waals surface area contributed by atoms with Crippen LogP contribution in [0.15, 0.2) is 18.3 Å². The number of pyridine rings is 1. The zero-order valence-electron chi connectivity index (χ0n) is 11.2. The fourth-order valence-corrected chi connectivity index (χ4v) is 2.82. The van der Waals surface area contributed by atoms with E-state index in [1.807, 2.05) is 6.20 Å². The molecule has 0 aromatic carbocycles. The lowest BCUT2D eigenvalue weighted by molar-refractivity contribution is 0.146. The molecule has 0 bridgehead atoms. The molecule has 0 saturated carbocycles. The van der Waals surface area contributed by atoms with Crippen LogP contribution in [0.1, 0.15) is 56.3 Å². The largest absolute Gasteiger partial charge is 0.296 e. The van der Waals surface area contributed by atoms with E-state index in [9.17, 15) is 0 Å². The van der Waals surface area contributed by atoms with Crippen LogP contribution >= 0.6 is 0 Å². The maximum absolute atomic E-state index is 4.44. The van der Waals surface area contributed by atoms with Crippen molar-refractivity contribution in [3.8, 4) is 0 Å². The smallest absolute Gasteiger partial charge is 0.0420 e. The van der Waals surface area contributed by atoms with Crippen molar-refractivity contribution in [2.75, 3.05) is 13.1 Å². The quantitative estimate of drug-likeness (QED) is 0.786. The maximum Gasteiger partial charge on any atom is 0.0420 e. The van der Waals surface area contributed by atoms with Gasteiger partial charge in [-0.15, -0.1) is 0 Å². The van der Waals surface area contributed by atoms with Gasteiger partial charge in [-0.2, -0.15) is 0 Å². The predicted molar refractivity (Wildman–Crippen MR) is 72.0 cm³/mol. The average molecular weight is 232 g/mol. The Hall–Kier alpha value is -0.890. The highest BCUT2D eigenvalue weighted by atomic mass is 15.2. The van der Waals surface area contributed by atoms with Gasteiger partial charge in [0.25, 0.3) is 0 Å². The molecule has 0 unspecified atom stereocenters. The zero-order valence-corrected chi connectivity index (χ0v) is 11.2. The van der Waals surface area contributed by atoms with Crippen LogP contribution in [0.3, 0.4) is 0 Å². The minimum atomic E-state index is 0.615. The van der Waals surface area contributed by atoms with Gasteiger partial charge in [-0.1, -0.05) is 25.8 Å². The number of unbranched alkanes of at least 4 members (excludes halogenated alkanes) is 1. The molecule has 1 atom stereocenters. The molecule has 2 nitrogen and oxygen atoms in total. The third kappa shape index (κ3) is 3.06. The number of hydrogen-bond acceptors (Lipinski definition) is 2. The van der Waals surface area contributed by atoms with Crippen LogP contribution in [-0.2, 0) is 0 Å². The molecule has 17 heavy (non-hydrogen) atoms. The Balaban J connectivity index is 2.13. The lowest BCUT2D eigenvalue weighted by Crippen LogP contribution is -2.34. The van der Waals surface area contributed by atoms with Crippen molar-refractivity contribution in [1.82, 2.24) is 9.88 Å². The monoisotopic (exact) mass is 232 g/mol. The second-order valence-electron chi connectivity index (χ2n) is 5.08. The first-order valence-corrected chi connectivity index (χ1v) is 6.98. The molecule has 1 aliphatic rings. The van der Waals surface area contributed by atoms with Crippen molar-refractivity contribution in [1.29, 1.82) is 0 Å². The van der Waals surface area contributed by atoms with E-state index in [1.54, 1.807) is 0 Å². The van der Waals surface area contributed by atoms with E-state index in [-0.39, 0.29) is 0 Å². The Morgan fingerprint density at radius 2 is 2.29 bits per heavy atom. The van der Waals surface area contributed by atoms with Crippen molar-refractivity contribution in [3.63, 3.8) is 0 Å². The average Bonchev–Trinajstić information content (AvgIpc) is 2.37. The van der Waals surface area contributed by atoms with Gasteiger partial charge in [-0.3, -0.25) is 9.88 Å². The van der Waals surface area contributed by atoms with Gasteiger partial charge in [0.2, 0.25) is 0 Å². The van der Waals surface area contributed by atoms with Crippen LogP contribution in [0, 0.1) is 6.92 Å². The molecule has 2 rings (SSSR count). The number of piperidine rings is 1. The maximum atomic E-state index is 4.44. The van der Waals surface area contributed by atoms with Crippen molar-refractivity contribution in [2.45, 2.75) is 52.0 Å². The molecule has 1 aromatic heterocycles. The highest BCUT2D eigenvalue weighted by Gasteiger charge is 2.24. The van der Waals surface area contributed by atoms with Gasteiger partial charge in [-0.25, -0.2) is 0 Å². The van der Waals surface area contributed by atoms with Crippen LogP contribution in [0.5, 0.6) is 0 Å². The molecular weight excluding hydrogens is 208 g/mol. The van der Waals surface area contributed by atoms with Crippen molar-refractivity contribution < 1.29 is 0 Å². The normalized spacial score (nSPS) is 21.6. The lowest BCUT2D eigenvalue weighted by Gasteiger charge is -2.36. The van der Waals surface area contributed by atoms with E-state index in [1.165, 1.54) is 56.5 Å². The minimum Gasteiger partial charge on any atom is -0.296 e. The molecule has 1 aliphatic heterocycles. The van der Waals surface area contributed by atoms with Crippen LogP contribution in [0.2, 0.25) is 0 Å². The third-order valence-corrected chi connectivity index (χ3v) is 3.82. The molecule has 1 fully saturated rings. The molecule has 0 radical (unpaired) electrons. The van der Waals surface area contributed by atoms with E-state index in [4.69, 9.17) is 0 Å². The van der Waals surface area contributed by atoms with Gasteiger partial charge >= 0.3 is 0 Å². The van der Waals surface area contributed by atoms with E-state index in [2.05, 4.69) is 35.9 Å². The number of hydrogen-bond donors (Lipinski definition) is 0. The molecular formula is C15H24N2. The predicted octanol–water partition coefficient (Wildman–Crippen LogP) is 3.72. The van der Waals surface area contributed by atoms with E-state index < -0.39 is 0 Å². The summed E-state index contributed by atoms with van der Waals surface area (Å²) < 4.78 is 0. The molecule has 1 aromatic rings. The Labute approximate surface area is 105 Å². The first-order valence-electron chi connectivity index (χ1n) is 6.98. The van der Waals surface area contributed by atoms with Gasteiger partial charge < -0.3 is 0 Å². The number of aryl methyl sites for hydroxylation is 1. The molecule has 2 heterocycles. The van der Waals surface area contributed by atoms with E-state index in [0.717, 1.165) is 0 Å². The zero-order chi connectivity index (χ0) is 12.1. The fourth-order valence-electron chi connectivity index (χ4n) is 2.82. The summed E-state index contributed by atoms with van der Waals surface area (Å²) in [5.74, 6) is 0. The molecule has 94 valence electrons. The summed E-state index contributed by atoms with van der Waals surface area (Å²) in [5, 5.41) is 0.